The highest BCUT2D eigenvalue weighted by molar-refractivity contribution is 7.89. The number of sulfonamides is 1. The van der Waals surface area contributed by atoms with Gasteiger partial charge in [0.2, 0.25) is 10.0 Å². The fourth-order valence-electron chi connectivity index (χ4n) is 2.01. The Morgan fingerprint density at radius 2 is 1.86 bits per heavy atom. The summed E-state index contributed by atoms with van der Waals surface area (Å²) in [5.41, 5.74) is -0.583. The molecule has 0 aromatic heterocycles. The molecule has 0 fully saturated rings. The average molecular weight is 315 g/mol. The lowest BCUT2D eigenvalue weighted by molar-refractivity contribution is 0.0696. The first kappa shape index (κ1) is 17.6. The minimum absolute atomic E-state index is 0.0814. The van der Waals surface area contributed by atoms with Crippen molar-refractivity contribution in [3.63, 3.8) is 0 Å². The number of nitrogens with one attached hydrogen (secondary N) is 1. The molecule has 6 nitrogen and oxygen atoms in total. The molecule has 0 saturated carbocycles. The van der Waals surface area contributed by atoms with Crippen molar-refractivity contribution in [2.24, 2.45) is 0 Å². The molecule has 0 heterocycles. The van der Waals surface area contributed by atoms with E-state index in [2.05, 4.69) is 4.72 Å². The van der Waals surface area contributed by atoms with E-state index < -0.39 is 21.5 Å². The molecule has 1 aromatic carbocycles. The van der Waals surface area contributed by atoms with Crippen molar-refractivity contribution in [3.8, 4) is 0 Å². The predicted molar refractivity (Wildman–Crippen MR) is 78.9 cm³/mol. The lowest BCUT2D eigenvalue weighted by atomic mass is 9.96. The third-order valence-corrected chi connectivity index (χ3v) is 5.45. The van der Waals surface area contributed by atoms with Crippen LogP contribution in [0.5, 0.6) is 0 Å². The lowest BCUT2D eigenvalue weighted by Gasteiger charge is -2.30. The van der Waals surface area contributed by atoms with Crippen molar-refractivity contribution in [3.05, 3.63) is 29.3 Å². The van der Waals surface area contributed by atoms with Gasteiger partial charge in [-0.1, -0.05) is 19.9 Å². The Balaban J connectivity index is 3.31. The molecule has 0 unspecified atom stereocenters. The van der Waals surface area contributed by atoms with E-state index in [-0.39, 0.29) is 17.1 Å². The Kier molecular flexibility index (Phi) is 5.49. The Morgan fingerprint density at radius 3 is 2.29 bits per heavy atom. The van der Waals surface area contributed by atoms with E-state index >= 15 is 0 Å². The summed E-state index contributed by atoms with van der Waals surface area (Å²) in [4.78, 5) is 10.9. The summed E-state index contributed by atoms with van der Waals surface area (Å²) in [5, 5.41) is 18.5. The summed E-state index contributed by atoms with van der Waals surface area (Å²) in [6.45, 7) is 4.83. The molecule has 1 rings (SSSR count). The van der Waals surface area contributed by atoms with E-state index in [1.165, 1.54) is 12.1 Å². The first-order valence-corrected chi connectivity index (χ1v) is 8.18. The third kappa shape index (κ3) is 3.81. The molecule has 0 aliphatic heterocycles. The lowest BCUT2D eigenvalue weighted by Crippen LogP contribution is -2.50. The van der Waals surface area contributed by atoms with Crippen molar-refractivity contribution in [1.82, 2.24) is 4.72 Å². The number of aromatic carboxylic acids is 1. The van der Waals surface area contributed by atoms with E-state index in [0.29, 0.717) is 18.4 Å². The summed E-state index contributed by atoms with van der Waals surface area (Å²) in [5.74, 6) is -1.19. The van der Waals surface area contributed by atoms with Gasteiger partial charge in [0.25, 0.3) is 0 Å². The van der Waals surface area contributed by atoms with Crippen molar-refractivity contribution in [2.75, 3.05) is 6.61 Å². The fourth-order valence-corrected chi connectivity index (χ4v) is 3.82. The standard InChI is InChI=1S/C14H21NO5S/c1-4-14(5-2,9-16)15-21(19,20)12-8-11(13(17)18)7-6-10(12)3/h6-8,15-16H,4-5,9H2,1-3H3,(H,17,18). The smallest absolute Gasteiger partial charge is 0.335 e. The maximum Gasteiger partial charge on any atom is 0.335 e. The van der Waals surface area contributed by atoms with Crippen molar-refractivity contribution >= 4 is 16.0 Å². The molecule has 3 N–H and O–H groups in total. The molecule has 0 spiro atoms. The van der Waals surface area contributed by atoms with Gasteiger partial charge in [-0.25, -0.2) is 17.9 Å². The monoisotopic (exact) mass is 315 g/mol. The zero-order chi connectivity index (χ0) is 16.3. The first-order valence-electron chi connectivity index (χ1n) is 6.70. The van der Waals surface area contributed by atoms with Gasteiger partial charge in [-0.05, 0) is 37.5 Å². The third-order valence-electron chi connectivity index (χ3n) is 3.73. The van der Waals surface area contributed by atoms with E-state index in [4.69, 9.17) is 5.11 Å². The molecule has 21 heavy (non-hydrogen) atoms. The van der Waals surface area contributed by atoms with Gasteiger partial charge in [-0.2, -0.15) is 0 Å². The number of carbonyl (C=O) groups is 1. The topological polar surface area (TPSA) is 104 Å². The Labute approximate surface area is 124 Å². The SMILES string of the molecule is CCC(CC)(CO)NS(=O)(=O)c1cc(C(=O)O)ccc1C. The number of aliphatic hydroxyl groups excluding tert-OH is 1. The second kappa shape index (κ2) is 6.55. The number of aliphatic hydroxyl groups is 1. The second-order valence-corrected chi connectivity index (χ2v) is 6.69. The molecule has 0 bridgehead atoms. The average Bonchev–Trinajstić information content (AvgIpc) is 2.45. The zero-order valence-electron chi connectivity index (χ0n) is 12.4. The van der Waals surface area contributed by atoms with Crippen LogP contribution in [0.25, 0.3) is 0 Å². The minimum Gasteiger partial charge on any atom is -0.478 e. The molecule has 0 atom stereocenters. The maximum absolute atomic E-state index is 12.5. The molecule has 0 radical (unpaired) electrons. The second-order valence-electron chi connectivity index (χ2n) is 5.04. The normalized spacial score (nSPS) is 12.4. The molecule has 7 heteroatoms. The molecule has 0 aliphatic carbocycles. The quantitative estimate of drug-likeness (QED) is 0.708. The van der Waals surface area contributed by atoms with Gasteiger partial charge in [0.05, 0.1) is 22.6 Å². The minimum atomic E-state index is -3.91. The number of carboxylic acid groups (broad SMARTS) is 1. The fraction of sp³-hybridized carbons (Fsp3) is 0.500. The predicted octanol–water partition coefficient (Wildman–Crippen LogP) is 1.52. The number of carboxylic acids is 1. The number of aryl methyl sites for hydroxylation is 1. The molecule has 0 saturated heterocycles. The Hall–Kier alpha value is -1.44. The number of rotatable bonds is 7. The summed E-state index contributed by atoms with van der Waals surface area (Å²) in [6, 6.07) is 3.94. The molecule has 0 amide bonds. The largest absolute Gasteiger partial charge is 0.478 e. The van der Waals surface area contributed by atoms with Gasteiger partial charge >= 0.3 is 5.97 Å². The van der Waals surface area contributed by atoms with Crippen molar-refractivity contribution in [1.29, 1.82) is 0 Å². The van der Waals surface area contributed by atoms with E-state index in [1.54, 1.807) is 20.8 Å². The Morgan fingerprint density at radius 1 is 1.29 bits per heavy atom. The van der Waals surface area contributed by atoms with E-state index in [9.17, 15) is 18.3 Å². The van der Waals surface area contributed by atoms with E-state index in [1.807, 2.05) is 0 Å². The number of hydrogen-bond acceptors (Lipinski definition) is 4. The number of benzene rings is 1. The van der Waals surface area contributed by atoms with Crippen LogP contribution in [0.15, 0.2) is 23.1 Å². The molecule has 1 aromatic rings. The molecule has 0 aliphatic rings. The summed E-state index contributed by atoms with van der Waals surface area (Å²) in [7, 11) is -3.91. The van der Waals surface area contributed by atoms with Crippen LogP contribution < -0.4 is 4.72 Å². The van der Waals surface area contributed by atoms with E-state index in [0.717, 1.165) is 6.07 Å². The van der Waals surface area contributed by atoms with Crippen LogP contribution in [-0.2, 0) is 10.0 Å². The van der Waals surface area contributed by atoms with Gasteiger partial charge < -0.3 is 10.2 Å². The van der Waals surface area contributed by atoms with Crippen molar-refractivity contribution < 1.29 is 23.4 Å². The van der Waals surface area contributed by atoms with Gasteiger partial charge in [-0.3, -0.25) is 0 Å². The van der Waals surface area contributed by atoms with Crippen LogP contribution in [-0.4, -0.2) is 36.7 Å². The highest BCUT2D eigenvalue weighted by Gasteiger charge is 2.32. The number of hydrogen-bond donors (Lipinski definition) is 3. The highest BCUT2D eigenvalue weighted by Crippen LogP contribution is 2.22. The van der Waals surface area contributed by atoms with Crippen LogP contribution in [0.1, 0.15) is 42.6 Å². The van der Waals surface area contributed by atoms with Gasteiger partial charge in [-0.15, -0.1) is 0 Å². The van der Waals surface area contributed by atoms with Gasteiger partial charge in [0.15, 0.2) is 0 Å². The zero-order valence-corrected chi connectivity index (χ0v) is 13.2. The van der Waals surface area contributed by atoms with Crippen molar-refractivity contribution in [2.45, 2.75) is 44.0 Å². The maximum atomic E-state index is 12.5. The summed E-state index contributed by atoms with van der Waals surface area (Å²) >= 11 is 0. The van der Waals surface area contributed by atoms with Crippen LogP contribution in [0.3, 0.4) is 0 Å². The van der Waals surface area contributed by atoms with Gasteiger partial charge in [0.1, 0.15) is 0 Å². The van der Waals surface area contributed by atoms with Crippen LogP contribution in [0.4, 0.5) is 0 Å². The van der Waals surface area contributed by atoms with Crippen LogP contribution in [0.2, 0.25) is 0 Å². The molecule has 118 valence electrons. The first-order chi connectivity index (χ1) is 9.71. The van der Waals surface area contributed by atoms with Crippen LogP contribution in [0, 0.1) is 6.92 Å². The molecular formula is C14H21NO5S. The van der Waals surface area contributed by atoms with Crippen LogP contribution >= 0.6 is 0 Å². The highest BCUT2D eigenvalue weighted by atomic mass is 32.2. The summed E-state index contributed by atoms with van der Waals surface area (Å²) in [6.07, 6.45) is 0.855. The molecular weight excluding hydrogens is 294 g/mol. The van der Waals surface area contributed by atoms with Gasteiger partial charge in [0, 0.05) is 0 Å². The Bertz CT molecular complexity index is 612. The summed E-state index contributed by atoms with van der Waals surface area (Å²) < 4.78 is 27.5.